The minimum Gasteiger partial charge on any atom is -0.267 e. The second-order valence-electron chi connectivity index (χ2n) is 6.48. The Kier molecular flexibility index (Phi) is 6.10. The molecule has 0 aliphatic carbocycles. The fourth-order valence-corrected chi connectivity index (χ4v) is 2.65. The molecule has 10 heteroatoms. The van der Waals surface area contributed by atoms with Crippen molar-refractivity contribution in [3.63, 3.8) is 0 Å². The van der Waals surface area contributed by atoms with Crippen LogP contribution in [0.3, 0.4) is 0 Å². The molecule has 148 valence electrons. The molecule has 0 aliphatic heterocycles. The molecular formula is C17H19F3N2O4S. The second-order valence-corrected chi connectivity index (χ2v) is 8.12. The maximum Gasteiger partial charge on any atom is 0.416 e. The van der Waals surface area contributed by atoms with Gasteiger partial charge in [0.1, 0.15) is 0 Å². The van der Waals surface area contributed by atoms with Crippen LogP contribution in [0.2, 0.25) is 0 Å². The number of hydrogen-bond acceptors (Lipinski definition) is 5. The third-order valence-corrected chi connectivity index (χ3v) is 4.07. The van der Waals surface area contributed by atoms with Gasteiger partial charge in [-0.2, -0.15) is 26.7 Å². The summed E-state index contributed by atoms with van der Waals surface area (Å²) in [4.78, 5) is 12.5. The number of aromatic nitrogens is 2. The summed E-state index contributed by atoms with van der Waals surface area (Å²) in [6, 6.07) is 5.66. The maximum atomic E-state index is 12.7. The van der Waals surface area contributed by atoms with Gasteiger partial charge in [0.15, 0.2) is 0 Å². The van der Waals surface area contributed by atoms with Crippen molar-refractivity contribution in [1.29, 1.82) is 0 Å². The molecule has 0 radical (unpaired) electrons. The summed E-state index contributed by atoms with van der Waals surface area (Å²) in [5.41, 5.74) is -0.659. The molecule has 0 amide bonds. The lowest BCUT2D eigenvalue weighted by Crippen LogP contribution is -2.29. The predicted octanol–water partition coefficient (Wildman–Crippen LogP) is 3.06. The van der Waals surface area contributed by atoms with Crippen molar-refractivity contribution in [3.05, 3.63) is 51.8 Å². The Hall–Kier alpha value is -2.20. The number of halogens is 3. The van der Waals surface area contributed by atoms with Gasteiger partial charge in [-0.15, -0.1) is 0 Å². The van der Waals surface area contributed by atoms with E-state index in [0.717, 1.165) is 18.4 Å². The molecule has 27 heavy (non-hydrogen) atoms. The topological polar surface area (TPSA) is 78.3 Å². The van der Waals surface area contributed by atoms with E-state index in [2.05, 4.69) is 5.10 Å². The SMILES string of the molecule is CC(C)Cn1nc(-c2ccc(C(F)(F)F)cc2)cc(COS(C)(=O)=O)c1=O. The Morgan fingerprint density at radius 3 is 2.26 bits per heavy atom. The zero-order valence-electron chi connectivity index (χ0n) is 14.9. The standard InChI is InChI=1S/C17H19F3N2O4S/c1-11(2)9-22-16(23)13(10-26-27(3,24)25)8-15(21-22)12-4-6-14(7-5-12)17(18,19)20/h4-8,11H,9-10H2,1-3H3. The molecule has 6 nitrogen and oxygen atoms in total. The monoisotopic (exact) mass is 404 g/mol. The van der Waals surface area contributed by atoms with Crippen LogP contribution in [-0.4, -0.2) is 24.5 Å². The largest absolute Gasteiger partial charge is 0.416 e. The summed E-state index contributed by atoms with van der Waals surface area (Å²) >= 11 is 0. The van der Waals surface area contributed by atoms with Crippen LogP contribution in [0, 0.1) is 5.92 Å². The quantitative estimate of drug-likeness (QED) is 0.692. The van der Waals surface area contributed by atoms with Crippen molar-refractivity contribution in [3.8, 4) is 11.3 Å². The molecule has 0 N–H and O–H groups in total. The molecular weight excluding hydrogens is 385 g/mol. The van der Waals surface area contributed by atoms with Crippen LogP contribution in [0.15, 0.2) is 35.1 Å². The number of nitrogens with zero attached hydrogens (tertiary/aromatic N) is 2. The Morgan fingerprint density at radius 2 is 1.78 bits per heavy atom. The molecule has 0 aliphatic rings. The first-order valence-corrected chi connectivity index (χ1v) is 9.81. The van der Waals surface area contributed by atoms with Crippen molar-refractivity contribution in [2.75, 3.05) is 6.26 Å². The molecule has 1 heterocycles. The Bertz CT molecular complexity index is 965. The highest BCUT2D eigenvalue weighted by atomic mass is 32.2. The number of hydrogen-bond donors (Lipinski definition) is 0. The van der Waals surface area contributed by atoms with Gasteiger partial charge in [-0.3, -0.25) is 8.98 Å². The average Bonchev–Trinajstić information content (AvgIpc) is 2.53. The van der Waals surface area contributed by atoms with Gasteiger partial charge in [0.2, 0.25) is 0 Å². The maximum absolute atomic E-state index is 12.7. The Balaban J connectivity index is 2.50. The van der Waals surface area contributed by atoms with Gasteiger partial charge in [-0.1, -0.05) is 26.0 Å². The van der Waals surface area contributed by atoms with Gasteiger partial charge < -0.3 is 0 Å². The van der Waals surface area contributed by atoms with Gasteiger partial charge in [-0.25, -0.2) is 4.68 Å². The Morgan fingerprint density at radius 1 is 1.19 bits per heavy atom. The molecule has 2 aromatic rings. The fraction of sp³-hybridized carbons (Fsp3) is 0.412. The zero-order chi connectivity index (χ0) is 20.4. The van der Waals surface area contributed by atoms with Gasteiger partial charge in [-0.05, 0) is 24.1 Å². The van der Waals surface area contributed by atoms with Crippen molar-refractivity contribution in [2.24, 2.45) is 5.92 Å². The summed E-state index contributed by atoms with van der Waals surface area (Å²) < 4.78 is 66.5. The van der Waals surface area contributed by atoms with Crippen molar-refractivity contribution in [1.82, 2.24) is 9.78 Å². The first kappa shape index (κ1) is 21.1. The van der Waals surface area contributed by atoms with Crippen molar-refractivity contribution in [2.45, 2.75) is 33.2 Å². The summed E-state index contributed by atoms with van der Waals surface area (Å²) in [5, 5.41) is 4.20. The van der Waals surface area contributed by atoms with E-state index in [0.29, 0.717) is 5.56 Å². The van der Waals surface area contributed by atoms with E-state index in [4.69, 9.17) is 4.18 Å². The molecule has 1 aromatic carbocycles. The molecule has 0 saturated carbocycles. The van der Waals surface area contributed by atoms with E-state index < -0.39 is 34.0 Å². The average molecular weight is 404 g/mol. The lowest BCUT2D eigenvalue weighted by molar-refractivity contribution is -0.137. The minimum atomic E-state index is -4.46. The zero-order valence-corrected chi connectivity index (χ0v) is 15.8. The number of benzene rings is 1. The van der Waals surface area contributed by atoms with Crippen LogP contribution in [0.4, 0.5) is 13.2 Å². The highest BCUT2D eigenvalue weighted by molar-refractivity contribution is 7.85. The lowest BCUT2D eigenvalue weighted by Gasteiger charge is -2.13. The molecule has 0 saturated heterocycles. The first-order valence-electron chi connectivity index (χ1n) is 8.00. The molecule has 0 unspecified atom stereocenters. The molecule has 2 rings (SSSR count). The van der Waals surface area contributed by atoms with Gasteiger partial charge in [0, 0.05) is 17.7 Å². The smallest absolute Gasteiger partial charge is 0.267 e. The third kappa shape index (κ3) is 5.90. The van der Waals surface area contributed by atoms with E-state index in [-0.39, 0.29) is 23.7 Å². The van der Waals surface area contributed by atoms with E-state index in [9.17, 15) is 26.4 Å². The summed E-state index contributed by atoms with van der Waals surface area (Å²) in [6.45, 7) is 3.52. The highest BCUT2D eigenvalue weighted by Gasteiger charge is 2.30. The van der Waals surface area contributed by atoms with Crippen LogP contribution in [0.1, 0.15) is 25.0 Å². The lowest BCUT2D eigenvalue weighted by atomic mass is 10.1. The molecule has 0 fully saturated rings. The normalized spacial score (nSPS) is 12.6. The van der Waals surface area contributed by atoms with Gasteiger partial charge >= 0.3 is 6.18 Å². The van der Waals surface area contributed by atoms with Gasteiger partial charge in [0.25, 0.3) is 15.7 Å². The summed E-state index contributed by atoms with van der Waals surface area (Å²) in [7, 11) is -3.77. The fourth-order valence-electron chi connectivity index (χ4n) is 2.31. The summed E-state index contributed by atoms with van der Waals surface area (Å²) in [5.74, 6) is 0.0710. The van der Waals surface area contributed by atoms with Crippen LogP contribution in [0.25, 0.3) is 11.3 Å². The first-order chi connectivity index (χ1) is 12.4. The molecule has 1 aromatic heterocycles. The highest BCUT2D eigenvalue weighted by Crippen LogP contribution is 2.30. The third-order valence-electron chi connectivity index (χ3n) is 3.52. The second kappa shape index (κ2) is 7.81. The molecule has 0 atom stereocenters. The van der Waals surface area contributed by atoms with Crippen molar-refractivity contribution >= 4 is 10.1 Å². The van der Waals surface area contributed by atoms with E-state index in [1.165, 1.54) is 22.9 Å². The number of alkyl halides is 3. The van der Waals surface area contributed by atoms with E-state index in [1.54, 1.807) is 0 Å². The number of rotatable bonds is 6. The minimum absolute atomic E-state index is 0.0472. The summed E-state index contributed by atoms with van der Waals surface area (Å²) in [6.07, 6.45) is -3.60. The van der Waals surface area contributed by atoms with Gasteiger partial charge in [0.05, 0.1) is 24.1 Å². The Labute approximate surface area is 154 Å². The molecule has 0 spiro atoms. The van der Waals surface area contributed by atoms with Crippen molar-refractivity contribution < 1.29 is 25.8 Å². The van der Waals surface area contributed by atoms with Crippen LogP contribution in [-0.2, 0) is 33.6 Å². The predicted molar refractivity (Wildman–Crippen MR) is 93.4 cm³/mol. The molecule has 0 bridgehead atoms. The van der Waals surface area contributed by atoms with Crippen LogP contribution >= 0.6 is 0 Å². The van der Waals surface area contributed by atoms with Crippen LogP contribution < -0.4 is 5.56 Å². The van der Waals surface area contributed by atoms with E-state index >= 15 is 0 Å². The van der Waals surface area contributed by atoms with E-state index in [1.807, 2.05) is 13.8 Å². The van der Waals surface area contributed by atoms with Crippen LogP contribution in [0.5, 0.6) is 0 Å².